The fourth-order valence-electron chi connectivity index (χ4n) is 0.247. The summed E-state index contributed by atoms with van der Waals surface area (Å²) in [6, 6.07) is 0. The average Bonchev–Trinajstić information content (AvgIpc) is 1.83. The molecule has 0 aromatic carbocycles. The smallest absolute Gasteiger partial charge is 0.0419 e. The summed E-state index contributed by atoms with van der Waals surface area (Å²) in [4.78, 5) is 3.45. The molecule has 0 aliphatic rings. The lowest BCUT2D eigenvalue weighted by atomic mass is 10.3. The molecular formula is C7H7N. The molecule has 0 aliphatic carbocycles. The number of terminal acetylenes is 1. The van der Waals surface area contributed by atoms with E-state index in [1.807, 2.05) is 0 Å². The Morgan fingerprint density at radius 1 is 1.75 bits per heavy atom. The van der Waals surface area contributed by atoms with E-state index in [1.165, 1.54) is 6.20 Å². The summed E-state index contributed by atoms with van der Waals surface area (Å²) in [6.45, 7) is 6.68. The van der Waals surface area contributed by atoms with Crippen LogP contribution in [0.5, 0.6) is 0 Å². The monoisotopic (exact) mass is 105 g/mol. The standard InChI is InChI=1S/C7H7N/c1-4-7(5-2)6-8-3/h1,5-6H,2-3H2/b7-6-. The lowest BCUT2D eigenvalue weighted by Gasteiger charge is -1.79. The molecule has 0 aromatic rings. The van der Waals surface area contributed by atoms with Gasteiger partial charge in [-0.05, 0) is 6.72 Å². The number of hydrogen-bond donors (Lipinski definition) is 0. The first kappa shape index (κ1) is 6.71. The molecule has 1 heteroatoms. The first-order valence-electron chi connectivity index (χ1n) is 2.10. The molecule has 0 spiro atoms. The topological polar surface area (TPSA) is 12.4 Å². The van der Waals surface area contributed by atoms with Gasteiger partial charge in [-0.1, -0.05) is 18.6 Å². The van der Waals surface area contributed by atoms with Gasteiger partial charge in [-0.2, -0.15) is 0 Å². The highest BCUT2D eigenvalue weighted by Crippen LogP contribution is 1.90. The fraction of sp³-hybridized carbons (Fsp3) is 0. The van der Waals surface area contributed by atoms with E-state index in [9.17, 15) is 0 Å². The van der Waals surface area contributed by atoms with Crippen LogP contribution in [0.3, 0.4) is 0 Å². The molecule has 0 saturated heterocycles. The van der Waals surface area contributed by atoms with Crippen LogP contribution in [0.2, 0.25) is 0 Å². The van der Waals surface area contributed by atoms with E-state index in [2.05, 4.69) is 24.2 Å². The molecular weight excluding hydrogens is 98.1 g/mol. The maximum atomic E-state index is 4.99. The third-order valence-electron chi connectivity index (χ3n) is 0.617. The van der Waals surface area contributed by atoms with Crippen LogP contribution in [-0.4, -0.2) is 6.72 Å². The predicted octanol–water partition coefficient (Wildman–Crippen LogP) is 1.39. The second kappa shape index (κ2) is 3.89. The van der Waals surface area contributed by atoms with E-state index in [0.29, 0.717) is 5.57 Å². The van der Waals surface area contributed by atoms with Gasteiger partial charge in [0.05, 0.1) is 0 Å². The van der Waals surface area contributed by atoms with Gasteiger partial charge in [0.25, 0.3) is 0 Å². The highest BCUT2D eigenvalue weighted by molar-refractivity contribution is 5.37. The number of nitrogens with zero attached hydrogens (tertiary/aromatic N) is 1. The first-order valence-corrected chi connectivity index (χ1v) is 2.10. The van der Waals surface area contributed by atoms with Crippen LogP contribution >= 0.6 is 0 Å². The van der Waals surface area contributed by atoms with Crippen LogP contribution in [0.1, 0.15) is 0 Å². The molecule has 0 N–H and O–H groups in total. The largest absolute Gasteiger partial charge is 0.271 e. The van der Waals surface area contributed by atoms with Gasteiger partial charge in [-0.25, -0.2) is 0 Å². The Labute approximate surface area is 49.4 Å². The Balaban J connectivity index is 4.12. The Hall–Kier alpha value is -1.29. The summed E-state index contributed by atoms with van der Waals surface area (Å²) in [5, 5.41) is 0. The zero-order valence-electron chi connectivity index (χ0n) is 4.59. The predicted molar refractivity (Wildman–Crippen MR) is 36.7 cm³/mol. The Bertz CT molecular complexity index is 158. The lowest BCUT2D eigenvalue weighted by molar-refractivity contribution is 1.57. The Kier molecular flexibility index (Phi) is 3.26. The van der Waals surface area contributed by atoms with Crippen LogP contribution in [0.15, 0.2) is 29.4 Å². The van der Waals surface area contributed by atoms with Gasteiger partial charge in [0.2, 0.25) is 0 Å². The van der Waals surface area contributed by atoms with Crippen LogP contribution in [-0.2, 0) is 0 Å². The van der Waals surface area contributed by atoms with Gasteiger partial charge in [0, 0.05) is 11.8 Å². The van der Waals surface area contributed by atoms with Crippen molar-refractivity contribution in [2.24, 2.45) is 4.99 Å². The van der Waals surface area contributed by atoms with Crippen LogP contribution in [0.4, 0.5) is 0 Å². The molecule has 0 unspecified atom stereocenters. The van der Waals surface area contributed by atoms with Crippen LogP contribution in [0, 0.1) is 12.3 Å². The van der Waals surface area contributed by atoms with Crippen molar-refractivity contribution < 1.29 is 0 Å². The molecule has 0 aliphatic heterocycles. The van der Waals surface area contributed by atoms with Gasteiger partial charge >= 0.3 is 0 Å². The summed E-state index contributed by atoms with van der Waals surface area (Å²) >= 11 is 0. The minimum Gasteiger partial charge on any atom is -0.271 e. The summed E-state index contributed by atoms with van der Waals surface area (Å²) in [6.07, 6.45) is 8.02. The van der Waals surface area contributed by atoms with E-state index in [4.69, 9.17) is 6.42 Å². The Morgan fingerprint density at radius 2 is 2.38 bits per heavy atom. The van der Waals surface area contributed by atoms with E-state index in [0.717, 1.165) is 0 Å². The lowest BCUT2D eigenvalue weighted by Crippen LogP contribution is -1.64. The van der Waals surface area contributed by atoms with Crippen molar-refractivity contribution >= 4 is 6.72 Å². The van der Waals surface area contributed by atoms with Gasteiger partial charge < -0.3 is 0 Å². The van der Waals surface area contributed by atoms with Crippen molar-refractivity contribution in [3.8, 4) is 12.3 Å². The maximum Gasteiger partial charge on any atom is 0.0419 e. The van der Waals surface area contributed by atoms with Gasteiger partial charge in [-0.15, -0.1) is 6.42 Å². The maximum absolute atomic E-state index is 4.99. The first-order chi connectivity index (χ1) is 3.85. The van der Waals surface area contributed by atoms with Gasteiger partial charge in [-0.3, -0.25) is 4.99 Å². The van der Waals surface area contributed by atoms with Crippen molar-refractivity contribution in [2.75, 3.05) is 0 Å². The van der Waals surface area contributed by atoms with Crippen molar-refractivity contribution in [3.05, 3.63) is 24.4 Å². The molecule has 0 amide bonds. The van der Waals surface area contributed by atoms with Crippen LogP contribution < -0.4 is 0 Å². The van der Waals surface area contributed by atoms with Crippen LogP contribution in [0.25, 0.3) is 0 Å². The number of allylic oxidation sites excluding steroid dienone is 2. The summed E-state index contributed by atoms with van der Waals surface area (Å²) in [7, 11) is 0. The number of hydrogen-bond acceptors (Lipinski definition) is 1. The molecule has 0 heterocycles. The van der Waals surface area contributed by atoms with E-state index in [-0.39, 0.29) is 0 Å². The van der Waals surface area contributed by atoms with Gasteiger partial charge in [0.15, 0.2) is 0 Å². The zero-order valence-corrected chi connectivity index (χ0v) is 4.59. The second-order valence-electron chi connectivity index (χ2n) is 1.12. The van der Waals surface area contributed by atoms with Crippen molar-refractivity contribution in [2.45, 2.75) is 0 Å². The third-order valence-corrected chi connectivity index (χ3v) is 0.617. The molecule has 0 fully saturated rings. The van der Waals surface area contributed by atoms with E-state index < -0.39 is 0 Å². The zero-order chi connectivity index (χ0) is 6.41. The molecule has 0 atom stereocenters. The number of rotatable bonds is 2. The average molecular weight is 105 g/mol. The van der Waals surface area contributed by atoms with Crippen molar-refractivity contribution in [3.63, 3.8) is 0 Å². The molecule has 1 nitrogen and oxygen atoms in total. The minimum atomic E-state index is 0.653. The molecule has 0 radical (unpaired) electrons. The summed E-state index contributed by atoms with van der Waals surface area (Å²) in [5.74, 6) is 2.36. The highest BCUT2D eigenvalue weighted by Gasteiger charge is 1.75. The Morgan fingerprint density at radius 3 is 2.50 bits per heavy atom. The summed E-state index contributed by atoms with van der Waals surface area (Å²) < 4.78 is 0. The van der Waals surface area contributed by atoms with Crippen molar-refractivity contribution in [1.82, 2.24) is 0 Å². The van der Waals surface area contributed by atoms with Gasteiger partial charge in [0.1, 0.15) is 0 Å². The third kappa shape index (κ3) is 1.99. The molecule has 40 valence electrons. The second-order valence-corrected chi connectivity index (χ2v) is 1.12. The highest BCUT2D eigenvalue weighted by atomic mass is 14.6. The molecule has 0 aromatic heterocycles. The SMILES string of the molecule is C#C/C(C=C)=C/N=C. The molecule has 0 rings (SSSR count). The quantitative estimate of drug-likeness (QED) is 0.286. The molecule has 0 bridgehead atoms. The minimum absolute atomic E-state index is 0.653. The molecule has 8 heavy (non-hydrogen) atoms. The van der Waals surface area contributed by atoms with E-state index in [1.54, 1.807) is 6.08 Å². The normalized spacial score (nSPS) is 9.62. The number of aliphatic imine (C=N–C) groups is 1. The van der Waals surface area contributed by atoms with Crippen molar-refractivity contribution in [1.29, 1.82) is 0 Å². The van der Waals surface area contributed by atoms with E-state index >= 15 is 0 Å². The molecule has 0 saturated carbocycles. The summed E-state index contributed by atoms with van der Waals surface area (Å²) in [5.41, 5.74) is 0.653. The fourth-order valence-corrected chi connectivity index (χ4v) is 0.247.